The molecular weight excluding hydrogens is 342 g/mol. The van der Waals surface area contributed by atoms with E-state index in [1.165, 1.54) is 18.2 Å². The van der Waals surface area contributed by atoms with Crippen LogP contribution >= 0.6 is 11.6 Å². The molecule has 6 nitrogen and oxygen atoms in total. The quantitative estimate of drug-likeness (QED) is 0.559. The van der Waals surface area contributed by atoms with Crippen LogP contribution in [0.2, 0.25) is 5.02 Å². The Hall–Kier alpha value is -2.44. The molecule has 7 heteroatoms. The number of amides is 1. The molecular formula is C18H20ClN3O3. The summed E-state index contributed by atoms with van der Waals surface area (Å²) in [5, 5.41) is 11.5. The zero-order chi connectivity index (χ0) is 18.4. The lowest BCUT2D eigenvalue weighted by atomic mass is 10.1. The monoisotopic (exact) mass is 361 g/mol. The maximum Gasteiger partial charge on any atom is 0.283 e. The van der Waals surface area contributed by atoms with Crippen LogP contribution in [-0.4, -0.2) is 47.8 Å². The SMILES string of the molecule is CN(C)CCN(Cc1ccccc1)C(=O)c1ccc(Cl)cc1[N+](=O)[O-]. The highest BCUT2D eigenvalue weighted by molar-refractivity contribution is 6.31. The molecule has 0 N–H and O–H groups in total. The summed E-state index contributed by atoms with van der Waals surface area (Å²) in [6.07, 6.45) is 0. The summed E-state index contributed by atoms with van der Waals surface area (Å²) in [5.74, 6) is -0.380. The number of halogens is 1. The van der Waals surface area contributed by atoms with Crippen molar-refractivity contribution >= 4 is 23.2 Å². The van der Waals surface area contributed by atoms with E-state index in [9.17, 15) is 14.9 Å². The zero-order valence-corrected chi connectivity index (χ0v) is 14.9. The Morgan fingerprint density at radius 1 is 1.12 bits per heavy atom. The zero-order valence-electron chi connectivity index (χ0n) is 14.2. The Balaban J connectivity index is 2.33. The smallest absolute Gasteiger partial charge is 0.283 e. The van der Waals surface area contributed by atoms with Gasteiger partial charge in [0.2, 0.25) is 0 Å². The molecule has 0 atom stereocenters. The van der Waals surface area contributed by atoms with E-state index in [1.54, 1.807) is 4.90 Å². The van der Waals surface area contributed by atoms with E-state index in [1.807, 2.05) is 49.3 Å². The molecule has 2 rings (SSSR count). The van der Waals surface area contributed by atoms with Crippen molar-refractivity contribution in [2.45, 2.75) is 6.54 Å². The summed E-state index contributed by atoms with van der Waals surface area (Å²) >= 11 is 5.84. The Kier molecular flexibility index (Phi) is 6.50. The van der Waals surface area contributed by atoms with Crippen LogP contribution in [0.1, 0.15) is 15.9 Å². The highest BCUT2D eigenvalue weighted by Gasteiger charge is 2.25. The molecule has 0 heterocycles. The highest BCUT2D eigenvalue weighted by atomic mass is 35.5. The lowest BCUT2D eigenvalue weighted by Gasteiger charge is -2.24. The van der Waals surface area contributed by atoms with Crippen LogP contribution in [0, 0.1) is 10.1 Å². The molecule has 132 valence electrons. The van der Waals surface area contributed by atoms with Gasteiger partial charge in [-0.1, -0.05) is 41.9 Å². The third-order valence-electron chi connectivity index (χ3n) is 3.71. The fourth-order valence-electron chi connectivity index (χ4n) is 2.38. The maximum absolute atomic E-state index is 13.0. The van der Waals surface area contributed by atoms with Crippen molar-refractivity contribution in [2.24, 2.45) is 0 Å². The van der Waals surface area contributed by atoms with Crippen LogP contribution in [-0.2, 0) is 6.54 Å². The third kappa shape index (κ3) is 5.27. The van der Waals surface area contributed by atoms with Crippen molar-refractivity contribution in [3.05, 3.63) is 74.8 Å². The van der Waals surface area contributed by atoms with Gasteiger partial charge in [-0.15, -0.1) is 0 Å². The van der Waals surface area contributed by atoms with Crippen molar-refractivity contribution in [1.29, 1.82) is 0 Å². The van der Waals surface area contributed by atoms with Gasteiger partial charge in [0.05, 0.1) is 4.92 Å². The minimum Gasteiger partial charge on any atom is -0.333 e. The van der Waals surface area contributed by atoms with Crippen LogP contribution in [0.25, 0.3) is 0 Å². The van der Waals surface area contributed by atoms with Gasteiger partial charge in [0.15, 0.2) is 0 Å². The average molecular weight is 362 g/mol. The maximum atomic E-state index is 13.0. The second-order valence-corrected chi connectivity index (χ2v) is 6.37. The molecule has 0 aromatic heterocycles. The van der Waals surface area contributed by atoms with Crippen molar-refractivity contribution in [1.82, 2.24) is 9.80 Å². The van der Waals surface area contributed by atoms with Crippen molar-refractivity contribution < 1.29 is 9.72 Å². The van der Waals surface area contributed by atoms with E-state index in [2.05, 4.69) is 0 Å². The highest BCUT2D eigenvalue weighted by Crippen LogP contribution is 2.25. The van der Waals surface area contributed by atoms with Gasteiger partial charge in [0, 0.05) is 30.7 Å². The standard InChI is InChI=1S/C18H20ClN3O3/c1-20(2)10-11-21(13-14-6-4-3-5-7-14)18(23)16-9-8-15(19)12-17(16)22(24)25/h3-9,12H,10-11,13H2,1-2H3. The predicted molar refractivity (Wildman–Crippen MR) is 97.8 cm³/mol. The Labute approximate surface area is 151 Å². The number of nitrogens with zero attached hydrogens (tertiary/aromatic N) is 3. The number of nitro benzene ring substituents is 1. The minimum absolute atomic E-state index is 0.0455. The van der Waals surface area contributed by atoms with Crippen LogP contribution in [0.4, 0.5) is 5.69 Å². The van der Waals surface area contributed by atoms with Gasteiger partial charge in [0.25, 0.3) is 11.6 Å². The fraction of sp³-hybridized carbons (Fsp3) is 0.278. The van der Waals surface area contributed by atoms with Crippen LogP contribution < -0.4 is 0 Å². The van der Waals surface area contributed by atoms with Crippen molar-refractivity contribution in [3.63, 3.8) is 0 Å². The average Bonchev–Trinajstić information content (AvgIpc) is 2.58. The van der Waals surface area contributed by atoms with E-state index < -0.39 is 4.92 Å². The molecule has 0 spiro atoms. The molecule has 0 fully saturated rings. The molecule has 0 aliphatic carbocycles. The van der Waals surface area contributed by atoms with Gasteiger partial charge in [0.1, 0.15) is 5.56 Å². The number of hydrogen-bond donors (Lipinski definition) is 0. The first-order valence-electron chi connectivity index (χ1n) is 7.80. The Morgan fingerprint density at radius 2 is 1.80 bits per heavy atom. The molecule has 2 aromatic rings. The minimum atomic E-state index is -0.578. The molecule has 0 bridgehead atoms. The molecule has 0 saturated carbocycles. The molecule has 1 amide bonds. The molecule has 0 aliphatic rings. The van der Waals surface area contributed by atoms with Gasteiger partial charge < -0.3 is 9.80 Å². The van der Waals surface area contributed by atoms with Gasteiger partial charge >= 0.3 is 0 Å². The summed E-state index contributed by atoms with van der Waals surface area (Å²) in [7, 11) is 3.83. The summed E-state index contributed by atoms with van der Waals surface area (Å²) in [6.45, 7) is 1.49. The number of rotatable bonds is 7. The summed E-state index contributed by atoms with van der Waals surface area (Å²) in [4.78, 5) is 27.3. The molecule has 0 aliphatic heterocycles. The molecule has 25 heavy (non-hydrogen) atoms. The first-order chi connectivity index (χ1) is 11.9. The van der Waals surface area contributed by atoms with E-state index in [0.29, 0.717) is 19.6 Å². The number of nitro groups is 1. The topological polar surface area (TPSA) is 66.7 Å². The van der Waals surface area contributed by atoms with Crippen molar-refractivity contribution in [3.8, 4) is 0 Å². The Morgan fingerprint density at radius 3 is 2.40 bits per heavy atom. The number of hydrogen-bond acceptors (Lipinski definition) is 4. The number of benzene rings is 2. The first-order valence-corrected chi connectivity index (χ1v) is 8.18. The van der Waals surface area contributed by atoms with E-state index >= 15 is 0 Å². The number of carbonyl (C=O) groups excluding carboxylic acids is 1. The fourth-order valence-corrected chi connectivity index (χ4v) is 2.55. The Bertz CT molecular complexity index is 750. The van der Waals surface area contributed by atoms with Gasteiger partial charge in [-0.2, -0.15) is 0 Å². The van der Waals surface area contributed by atoms with Gasteiger partial charge in [-0.3, -0.25) is 14.9 Å². The van der Waals surface area contributed by atoms with E-state index in [0.717, 1.165) is 5.56 Å². The van der Waals surface area contributed by atoms with Crippen molar-refractivity contribution in [2.75, 3.05) is 27.2 Å². The van der Waals surface area contributed by atoms with E-state index in [4.69, 9.17) is 11.6 Å². The second kappa shape index (κ2) is 8.60. The lowest BCUT2D eigenvalue weighted by Crippen LogP contribution is -2.36. The lowest BCUT2D eigenvalue weighted by molar-refractivity contribution is -0.385. The first kappa shape index (κ1) is 18.9. The van der Waals surface area contributed by atoms with Gasteiger partial charge in [-0.05, 0) is 31.8 Å². The van der Waals surface area contributed by atoms with Crippen LogP contribution in [0.3, 0.4) is 0 Å². The molecule has 0 radical (unpaired) electrons. The summed E-state index contributed by atoms with van der Waals surface area (Å²) in [5.41, 5.74) is 0.732. The van der Waals surface area contributed by atoms with Crippen LogP contribution in [0.5, 0.6) is 0 Å². The van der Waals surface area contributed by atoms with E-state index in [-0.39, 0.29) is 22.2 Å². The molecule has 0 saturated heterocycles. The molecule has 0 unspecified atom stereocenters. The summed E-state index contributed by atoms with van der Waals surface area (Å²) in [6, 6.07) is 13.7. The summed E-state index contributed by atoms with van der Waals surface area (Å²) < 4.78 is 0. The normalized spacial score (nSPS) is 10.7. The predicted octanol–water partition coefficient (Wildman–Crippen LogP) is 3.45. The third-order valence-corrected chi connectivity index (χ3v) is 3.94. The largest absolute Gasteiger partial charge is 0.333 e. The number of likely N-dealkylation sites (N-methyl/N-ethyl adjacent to an activating group) is 1. The van der Waals surface area contributed by atoms with Gasteiger partial charge in [-0.25, -0.2) is 0 Å². The van der Waals surface area contributed by atoms with Crippen LogP contribution in [0.15, 0.2) is 48.5 Å². The molecule has 2 aromatic carbocycles. The number of carbonyl (C=O) groups is 1. The second-order valence-electron chi connectivity index (χ2n) is 5.93.